The molecule has 10 nitrogen and oxygen atoms in total. The third-order valence-electron chi connectivity index (χ3n) is 6.96. The largest absolute Gasteiger partial charge is 0.375 e. The van der Waals surface area contributed by atoms with Gasteiger partial charge in [0.15, 0.2) is 0 Å². The number of piperazine rings is 1. The number of imidazole rings is 2. The topological polar surface area (TPSA) is 94.5 Å². The van der Waals surface area contributed by atoms with Gasteiger partial charge in [-0.25, -0.2) is 14.5 Å². The molecule has 0 aliphatic carbocycles. The molecule has 2 aromatic heterocycles. The van der Waals surface area contributed by atoms with Crippen LogP contribution in [0.1, 0.15) is 12.5 Å². The maximum absolute atomic E-state index is 11.5. The molecule has 1 fully saturated rings. The molecule has 3 heterocycles. The summed E-state index contributed by atoms with van der Waals surface area (Å²) < 4.78 is 9.63. The van der Waals surface area contributed by atoms with Gasteiger partial charge in [-0.1, -0.05) is 42.5 Å². The van der Waals surface area contributed by atoms with E-state index in [9.17, 15) is 10.1 Å². The Morgan fingerprint density at radius 3 is 2.32 bits per heavy atom. The average molecular weight is 504 g/mol. The molecule has 0 saturated carbocycles. The van der Waals surface area contributed by atoms with Gasteiger partial charge in [0.2, 0.25) is 5.82 Å². The minimum atomic E-state index is -0.390. The average Bonchev–Trinajstić information content (AvgIpc) is 3.52. The number of para-hydroxylation sites is 2. The van der Waals surface area contributed by atoms with Crippen molar-refractivity contribution in [3.63, 3.8) is 0 Å². The van der Waals surface area contributed by atoms with E-state index in [1.165, 1.54) is 11.8 Å². The minimum Gasteiger partial charge on any atom is -0.375 e. The molecule has 1 aliphatic rings. The summed E-state index contributed by atoms with van der Waals surface area (Å²) in [4.78, 5) is 25.2. The molecule has 1 saturated heterocycles. The normalized spacial score (nSPS) is 14.9. The molecule has 2 aromatic carbocycles. The maximum Gasteiger partial charge on any atom is 0.343 e. The summed E-state index contributed by atoms with van der Waals surface area (Å²) in [6, 6.07) is 18.2. The fourth-order valence-corrected chi connectivity index (χ4v) is 4.91. The molecule has 10 heteroatoms. The van der Waals surface area contributed by atoms with E-state index in [1.54, 1.807) is 4.57 Å². The van der Waals surface area contributed by atoms with E-state index in [0.29, 0.717) is 24.8 Å². The number of rotatable bonds is 11. The number of nitrogens with zero attached hydrogens (tertiary/aromatic N) is 7. The second kappa shape index (κ2) is 11.6. The number of hydrogen-bond acceptors (Lipinski definition) is 7. The Morgan fingerprint density at radius 1 is 0.892 bits per heavy atom. The van der Waals surface area contributed by atoms with Gasteiger partial charge in [0, 0.05) is 45.8 Å². The highest BCUT2D eigenvalue weighted by atomic mass is 16.6. The highest BCUT2D eigenvalue weighted by molar-refractivity contribution is 5.79. The zero-order valence-corrected chi connectivity index (χ0v) is 21.2. The van der Waals surface area contributed by atoms with Crippen molar-refractivity contribution in [3.8, 4) is 11.6 Å². The molecule has 0 radical (unpaired) electrons. The lowest BCUT2D eigenvalue weighted by atomic mass is 10.2. The first-order valence-corrected chi connectivity index (χ1v) is 12.9. The van der Waals surface area contributed by atoms with Gasteiger partial charge in [0.25, 0.3) is 5.82 Å². The van der Waals surface area contributed by atoms with Crippen LogP contribution in [0.2, 0.25) is 0 Å². The van der Waals surface area contributed by atoms with Crippen LogP contribution in [0.15, 0.2) is 60.8 Å². The highest BCUT2D eigenvalue weighted by Gasteiger charge is 2.26. The fourth-order valence-electron chi connectivity index (χ4n) is 4.91. The fraction of sp³-hybridized carbons (Fsp3) is 0.407. The van der Waals surface area contributed by atoms with Gasteiger partial charge in [-0.05, 0) is 29.5 Å². The van der Waals surface area contributed by atoms with Crippen LogP contribution >= 0.6 is 0 Å². The molecule has 5 rings (SSSR count). The second-order valence-corrected chi connectivity index (χ2v) is 9.24. The molecule has 194 valence electrons. The van der Waals surface area contributed by atoms with Gasteiger partial charge in [0.05, 0.1) is 30.8 Å². The van der Waals surface area contributed by atoms with Crippen LogP contribution < -0.4 is 0 Å². The standard InChI is InChI=1S/C27H33N7O3/c1-2-32-25(34(35)36)20-28-26(32)27-29-23-10-6-7-11-24(23)33(27)17-16-30-12-14-31(15-13-30)18-19-37-21-22-8-4-3-5-9-22/h3-11,20H,2,12-19,21H2,1H3. The van der Waals surface area contributed by atoms with Crippen molar-refractivity contribution in [1.82, 2.24) is 28.9 Å². The van der Waals surface area contributed by atoms with Crippen LogP contribution in [0.5, 0.6) is 0 Å². The predicted octanol–water partition coefficient (Wildman–Crippen LogP) is 3.66. The van der Waals surface area contributed by atoms with Gasteiger partial charge < -0.3 is 19.4 Å². The molecule has 0 amide bonds. The Kier molecular flexibility index (Phi) is 7.88. The van der Waals surface area contributed by atoms with E-state index in [1.807, 2.05) is 49.4 Å². The zero-order valence-electron chi connectivity index (χ0n) is 21.2. The Labute approximate surface area is 216 Å². The number of fused-ring (bicyclic) bond motifs is 1. The monoisotopic (exact) mass is 503 g/mol. The van der Waals surface area contributed by atoms with Crippen molar-refractivity contribution in [1.29, 1.82) is 0 Å². The van der Waals surface area contributed by atoms with Gasteiger partial charge in [-0.15, -0.1) is 0 Å². The smallest absolute Gasteiger partial charge is 0.343 e. The van der Waals surface area contributed by atoms with Gasteiger partial charge >= 0.3 is 5.82 Å². The molecule has 37 heavy (non-hydrogen) atoms. The first-order chi connectivity index (χ1) is 18.1. The number of aromatic nitrogens is 4. The first kappa shape index (κ1) is 25.1. The summed E-state index contributed by atoms with van der Waals surface area (Å²) >= 11 is 0. The van der Waals surface area contributed by atoms with Crippen molar-refractivity contribution < 1.29 is 9.66 Å². The van der Waals surface area contributed by atoms with Crippen LogP contribution in [0.25, 0.3) is 22.7 Å². The van der Waals surface area contributed by atoms with Crippen LogP contribution in [-0.4, -0.2) is 79.7 Å². The summed E-state index contributed by atoms with van der Waals surface area (Å²) in [5, 5.41) is 11.5. The summed E-state index contributed by atoms with van der Waals surface area (Å²) in [6.45, 7) is 10.3. The summed E-state index contributed by atoms with van der Waals surface area (Å²) in [6.07, 6.45) is 1.32. The lowest BCUT2D eigenvalue weighted by Gasteiger charge is -2.34. The third-order valence-corrected chi connectivity index (χ3v) is 6.96. The number of benzene rings is 2. The van der Waals surface area contributed by atoms with Gasteiger partial charge in [0.1, 0.15) is 6.20 Å². The zero-order chi connectivity index (χ0) is 25.6. The van der Waals surface area contributed by atoms with E-state index in [4.69, 9.17) is 9.72 Å². The molecule has 4 aromatic rings. The van der Waals surface area contributed by atoms with Crippen molar-refractivity contribution >= 4 is 16.9 Å². The summed E-state index contributed by atoms with van der Waals surface area (Å²) in [5.41, 5.74) is 3.08. The van der Waals surface area contributed by atoms with Crippen LogP contribution in [0, 0.1) is 10.1 Å². The van der Waals surface area contributed by atoms with Gasteiger partial charge in [-0.3, -0.25) is 9.80 Å². The van der Waals surface area contributed by atoms with Crippen molar-refractivity contribution in [2.45, 2.75) is 26.6 Å². The van der Waals surface area contributed by atoms with Crippen molar-refractivity contribution in [2.24, 2.45) is 0 Å². The van der Waals surface area contributed by atoms with E-state index < -0.39 is 0 Å². The third kappa shape index (κ3) is 5.71. The van der Waals surface area contributed by atoms with E-state index >= 15 is 0 Å². The minimum absolute atomic E-state index is 0.0139. The predicted molar refractivity (Wildman–Crippen MR) is 142 cm³/mol. The molecule has 0 unspecified atom stereocenters. The van der Waals surface area contributed by atoms with Crippen LogP contribution in [-0.2, 0) is 24.4 Å². The first-order valence-electron chi connectivity index (χ1n) is 12.9. The summed E-state index contributed by atoms with van der Waals surface area (Å²) in [7, 11) is 0. The maximum atomic E-state index is 11.5. The lowest BCUT2D eigenvalue weighted by Crippen LogP contribution is -2.48. The highest BCUT2D eigenvalue weighted by Crippen LogP contribution is 2.27. The van der Waals surface area contributed by atoms with Crippen LogP contribution in [0.4, 0.5) is 5.82 Å². The van der Waals surface area contributed by atoms with E-state index in [2.05, 4.69) is 31.5 Å². The van der Waals surface area contributed by atoms with Gasteiger partial charge in [-0.2, -0.15) is 0 Å². The van der Waals surface area contributed by atoms with E-state index in [-0.39, 0.29) is 10.7 Å². The summed E-state index contributed by atoms with van der Waals surface area (Å²) in [5.74, 6) is 1.19. The Morgan fingerprint density at radius 2 is 1.59 bits per heavy atom. The molecular formula is C27H33N7O3. The lowest BCUT2D eigenvalue weighted by molar-refractivity contribution is -0.392. The van der Waals surface area contributed by atoms with Crippen molar-refractivity contribution in [2.75, 3.05) is 45.9 Å². The second-order valence-electron chi connectivity index (χ2n) is 9.24. The SMILES string of the molecule is CCn1c([N+](=O)[O-])cnc1-c1nc2ccccc2n1CCN1CCN(CCOCc2ccccc2)CC1. The number of nitro groups is 1. The molecule has 0 atom stereocenters. The Hall–Kier alpha value is -3.60. The molecule has 1 aliphatic heterocycles. The molecule has 0 N–H and O–H groups in total. The molecular weight excluding hydrogens is 470 g/mol. The van der Waals surface area contributed by atoms with Crippen molar-refractivity contribution in [3.05, 3.63) is 76.5 Å². The Balaban J connectivity index is 1.19. The molecule has 0 bridgehead atoms. The quantitative estimate of drug-likeness (QED) is 0.175. The van der Waals surface area contributed by atoms with Crippen LogP contribution in [0.3, 0.4) is 0 Å². The number of ether oxygens (including phenoxy) is 1. The van der Waals surface area contributed by atoms with E-state index in [0.717, 1.165) is 63.5 Å². The number of hydrogen-bond donors (Lipinski definition) is 0. The molecule has 0 spiro atoms. The Bertz CT molecular complexity index is 1330.